The number of aliphatic carboxylic acids is 1. The zero-order valence-electron chi connectivity index (χ0n) is 31.1. The van der Waals surface area contributed by atoms with Gasteiger partial charge in [-0.25, -0.2) is 9.59 Å². The van der Waals surface area contributed by atoms with E-state index in [1.54, 1.807) is 12.2 Å². The largest absolute Gasteiger partial charge is 0.490 e. The van der Waals surface area contributed by atoms with E-state index in [9.17, 15) is 24.3 Å². The van der Waals surface area contributed by atoms with Gasteiger partial charge >= 0.3 is 23.9 Å². The summed E-state index contributed by atoms with van der Waals surface area (Å²) < 4.78 is 28.4. The Hall–Kier alpha value is -6.42. The molecule has 10 heteroatoms. The van der Waals surface area contributed by atoms with Gasteiger partial charge in [-0.1, -0.05) is 105 Å². The Kier molecular flexibility index (Phi) is 12.5. The van der Waals surface area contributed by atoms with Crippen LogP contribution in [0.5, 0.6) is 11.5 Å². The van der Waals surface area contributed by atoms with Crippen LogP contribution >= 0.6 is 0 Å². The minimum atomic E-state index is -1.07. The van der Waals surface area contributed by atoms with Crippen LogP contribution in [0.2, 0.25) is 0 Å². The minimum Gasteiger partial charge on any atom is -0.490 e. The molecule has 0 saturated carbocycles. The summed E-state index contributed by atoms with van der Waals surface area (Å²) in [6.45, 7) is 8.59. The summed E-state index contributed by atoms with van der Waals surface area (Å²) in [6.07, 6.45) is 5.34. The fourth-order valence-corrected chi connectivity index (χ4v) is 7.41. The maximum atomic E-state index is 12.9. The lowest BCUT2D eigenvalue weighted by atomic mass is 9.68. The Labute approximate surface area is 326 Å². The van der Waals surface area contributed by atoms with Gasteiger partial charge in [-0.05, 0) is 76.9 Å². The molecule has 0 fully saturated rings. The Morgan fingerprint density at radius 3 is 1.62 bits per heavy atom. The Morgan fingerprint density at radius 2 is 1.14 bits per heavy atom. The highest BCUT2D eigenvalue weighted by atomic mass is 16.6. The van der Waals surface area contributed by atoms with Crippen molar-refractivity contribution >= 4 is 23.9 Å². The standard InChI is InChI=1S/C46H44O10/c1-4-32(55-42(47)5-2)27-52-33-23-19-30(20-24-33)46(40-17-11-9-13-36(40)37-14-10-12-18-41(37)46)31-21-25-34(26-22-31)53-28-35(56-43(48)6-3)29-54-45(51)39-16-8-7-15-38(39)44(49)50/h5-14,17-26,32,35,38-39H,2-4,15-16,27-29H2,1H3,(H,49,50). The van der Waals surface area contributed by atoms with Gasteiger partial charge in [0.1, 0.15) is 37.4 Å². The van der Waals surface area contributed by atoms with Gasteiger partial charge in [0.15, 0.2) is 6.10 Å². The molecule has 0 aromatic heterocycles. The van der Waals surface area contributed by atoms with Gasteiger partial charge in [-0.3, -0.25) is 9.59 Å². The molecule has 0 heterocycles. The SMILES string of the molecule is C=CC(=O)OC(CC)COc1ccc(C2(c3ccc(OCC(COC(=O)C4CC=CCC4C(=O)O)OC(=O)C=C)cc3)c3ccccc3-c3ccccc32)cc1. The van der Waals surface area contributed by atoms with E-state index >= 15 is 0 Å². The average Bonchev–Trinajstić information content (AvgIpc) is 3.54. The van der Waals surface area contributed by atoms with Crippen molar-refractivity contribution in [3.8, 4) is 22.6 Å². The van der Waals surface area contributed by atoms with Gasteiger partial charge in [-0.2, -0.15) is 0 Å². The highest BCUT2D eigenvalue weighted by molar-refractivity contribution is 5.86. The van der Waals surface area contributed by atoms with Gasteiger partial charge in [0.05, 0.1) is 17.3 Å². The molecule has 4 aromatic rings. The smallest absolute Gasteiger partial charge is 0.330 e. The number of carboxylic acids is 1. The summed E-state index contributed by atoms with van der Waals surface area (Å²) in [5, 5.41) is 9.58. The molecule has 0 bridgehead atoms. The quantitative estimate of drug-likeness (QED) is 0.0437. The van der Waals surface area contributed by atoms with E-state index in [1.165, 1.54) is 0 Å². The third kappa shape index (κ3) is 8.29. The van der Waals surface area contributed by atoms with Crippen LogP contribution in [0.3, 0.4) is 0 Å². The highest BCUT2D eigenvalue weighted by Crippen LogP contribution is 2.56. The Morgan fingerprint density at radius 1 is 0.679 bits per heavy atom. The fourth-order valence-electron chi connectivity index (χ4n) is 7.41. The second kappa shape index (κ2) is 17.8. The van der Waals surface area contributed by atoms with E-state index in [-0.39, 0.29) is 32.7 Å². The van der Waals surface area contributed by atoms with Gasteiger partial charge in [0, 0.05) is 12.2 Å². The Balaban J connectivity index is 1.24. The van der Waals surface area contributed by atoms with E-state index in [2.05, 4.69) is 49.6 Å². The molecule has 4 unspecified atom stereocenters. The van der Waals surface area contributed by atoms with Crippen LogP contribution in [0, 0.1) is 11.8 Å². The van der Waals surface area contributed by atoms with Crippen molar-refractivity contribution in [2.45, 2.75) is 43.8 Å². The third-order valence-corrected chi connectivity index (χ3v) is 10.2. The summed E-state index contributed by atoms with van der Waals surface area (Å²) in [7, 11) is 0. The molecule has 6 rings (SSSR count). The van der Waals surface area contributed by atoms with Crippen LogP contribution in [-0.4, -0.2) is 61.0 Å². The van der Waals surface area contributed by atoms with Crippen LogP contribution < -0.4 is 9.47 Å². The highest BCUT2D eigenvalue weighted by Gasteiger charge is 2.46. The first-order valence-corrected chi connectivity index (χ1v) is 18.6. The molecule has 0 saturated heterocycles. The van der Waals surface area contributed by atoms with Crippen LogP contribution in [0.25, 0.3) is 11.1 Å². The molecule has 0 amide bonds. The number of hydrogen-bond donors (Lipinski definition) is 1. The molecule has 56 heavy (non-hydrogen) atoms. The zero-order chi connectivity index (χ0) is 39.7. The number of benzene rings is 4. The molecule has 4 aromatic carbocycles. The zero-order valence-corrected chi connectivity index (χ0v) is 31.1. The van der Waals surface area contributed by atoms with Gasteiger partial charge in [-0.15, -0.1) is 0 Å². The molecule has 2 aliphatic carbocycles. The van der Waals surface area contributed by atoms with Crippen LogP contribution in [0.15, 0.2) is 135 Å². The first-order chi connectivity index (χ1) is 27.2. The van der Waals surface area contributed by atoms with Gasteiger partial charge < -0.3 is 28.8 Å². The van der Waals surface area contributed by atoms with E-state index in [1.807, 2.05) is 67.6 Å². The number of carboxylic acid groups (broad SMARTS) is 1. The monoisotopic (exact) mass is 756 g/mol. The molecule has 0 radical (unpaired) electrons. The van der Waals surface area contributed by atoms with Crippen LogP contribution in [0.1, 0.15) is 48.4 Å². The number of carbonyl (C=O) groups is 4. The maximum Gasteiger partial charge on any atom is 0.330 e. The fraction of sp³-hybridized carbons (Fsp3) is 0.261. The summed E-state index contributed by atoms with van der Waals surface area (Å²) in [4.78, 5) is 48.6. The molecule has 0 aliphatic heterocycles. The topological polar surface area (TPSA) is 135 Å². The summed E-state index contributed by atoms with van der Waals surface area (Å²) in [5.74, 6) is -3.56. The molecule has 1 N–H and O–H groups in total. The summed E-state index contributed by atoms with van der Waals surface area (Å²) >= 11 is 0. The molecule has 4 atom stereocenters. The number of rotatable bonds is 17. The maximum absolute atomic E-state index is 12.9. The first-order valence-electron chi connectivity index (χ1n) is 18.6. The number of ether oxygens (including phenoxy) is 5. The normalized spacial score (nSPS) is 17.2. The molecular formula is C46H44O10. The van der Waals surface area contributed by atoms with E-state index in [0.717, 1.165) is 45.5 Å². The third-order valence-electron chi connectivity index (χ3n) is 10.2. The number of allylic oxidation sites excluding steroid dienone is 2. The molecule has 2 aliphatic rings. The average molecular weight is 757 g/mol. The number of fused-ring (bicyclic) bond motifs is 3. The van der Waals surface area contributed by atoms with Gasteiger partial charge in [0.2, 0.25) is 0 Å². The van der Waals surface area contributed by atoms with Crippen molar-refractivity contribution in [3.63, 3.8) is 0 Å². The van der Waals surface area contributed by atoms with E-state index in [4.69, 9.17) is 23.7 Å². The first kappa shape index (κ1) is 39.3. The summed E-state index contributed by atoms with van der Waals surface area (Å²) in [5.41, 5.74) is 5.77. The molecular weight excluding hydrogens is 712 g/mol. The van der Waals surface area contributed by atoms with Crippen molar-refractivity contribution in [1.82, 2.24) is 0 Å². The predicted octanol–water partition coefficient (Wildman–Crippen LogP) is 7.62. The lowest BCUT2D eigenvalue weighted by Crippen LogP contribution is -2.36. The number of carbonyl (C=O) groups excluding carboxylic acids is 3. The van der Waals surface area contributed by atoms with E-state index in [0.29, 0.717) is 17.9 Å². The van der Waals surface area contributed by atoms with Crippen molar-refractivity contribution in [2.24, 2.45) is 11.8 Å². The predicted molar refractivity (Wildman–Crippen MR) is 209 cm³/mol. The van der Waals surface area contributed by atoms with Crippen molar-refractivity contribution in [3.05, 3.63) is 157 Å². The molecule has 10 nitrogen and oxygen atoms in total. The van der Waals surface area contributed by atoms with Crippen molar-refractivity contribution < 1.29 is 48.0 Å². The lowest BCUT2D eigenvalue weighted by Gasteiger charge is -2.34. The van der Waals surface area contributed by atoms with E-state index < -0.39 is 53.3 Å². The molecule has 0 spiro atoms. The second-order valence-electron chi connectivity index (χ2n) is 13.6. The Bertz CT molecular complexity index is 2050. The van der Waals surface area contributed by atoms with Crippen molar-refractivity contribution in [2.75, 3.05) is 19.8 Å². The summed E-state index contributed by atoms with van der Waals surface area (Å²) in [6, 6.07) is 32.3. The van der Waals surface area contributed by atoms with Crippen LogP contribution in [-0.2, 0) is 38.8 Å². The minimum absolute atomic E-state index is 0.136. The second-order valence-corrected chi connectivity index (χ2v) is 13.6. The number of hydrogen-bond acceptors (Lipinski definition) is 9. The lowest BCUT2D eigenvalue weighted by molar-refractivity contribution is -0.164. The number of esters is 3. The van der Waals surface area contributed by atoms with Crippen LogP contribution in [0.4, 0.5) is 0 Å². The van der Waals surface area contributed by atoms with Gasteiger partial charge in [0.25, 0.3) is 0 Å². The van der Waals surface area contributed by atoms with Crippen molar-refractivity contribution in [1.29, 1.82) is 0 Å². The molecule has 288 valence electrons.